The van der Waals surface area contributed by atoms with E-state index in [9.17, 15) is 0 Å². The van der Waals surface area contributed by atoms with Crippen molar-refractivity contribution in [3.8, 4) is 55.6 Å². The number of amidine groups is 2. The molecular weight excluding hydrogens is 839 g/mol. The second-order valence-corrected chi connectivity index (χ2v) is 17.5. The fourth-order valence-corrected chi connectivity index (χ4v) is 9.77. The largest absolute Gasteiger partial charge is 0.455 e. The lowest BCUT2D eigenvalue weighted by Gasteiger charge is -2.11. The molecule has 0 aliphatic heterocycles. The van der Waals surface area contributed by atoms with Gasteiger partial charge in [-0.15, -0.1) is 0 Å². The van der Waals surface area contributed by atoms with Crippen LogP contribution in [0.1, 0.15) is 16.7 Å². The minimum atomic E-state index is 0.406. The molecule has 11 aromatic carbocycles. The van der Waals surface area contributed by atoms with Crippen LogP contribution in [-0.4, -0.2) is 11.7 Å². The van der Waals surface area contributed by atoms with Crippen molar-refractivity contribution in [2.75, 3.05) is 0 Å². The molecule has 0 aliphatic carbocycles. The summed E-state index contributed by atoms with van der Waals surface area (Å²) in [5, 5.41) is 7.05. The molecule has 12 aromatic rings. The minimum Gasteiger partial charge on any atom is -0.455 e. The fourth-order valence-electron chi connectivity index (χ4n) is 9.77. The van der Waals surface area contributed by atoms with Gasteiger partial charge >= 0.3 is 0 Å². The van der Waals surface area contributed by atoms with Gasteiger partial charge in [0.1, 0.15) is 17.0 Å². The summed E-state index contributed by atoms with van der Waals surface area (Å²) in [4.78, 5) is 10.2. The van der Waals surface area contributed by atoms with Gasteiger partial charge in [-0.25, -0.2) is 4.99 Å². The highest BCUT2D eigenvalue weighted by molar-refractivity contribution is 6.32. The van der Waals surface area contributed by atoms with Crippen LogP contribution >= 0.6 is 0 Å². The number of rotatable bonds is 9. The molecule has 326 valence electrons. The number of nitrogens with zero attached hydrogens (tertiary/aromatic N) is 2. The Hall–Kier alpha value is -9.12. The average Bonchev–Trinajstić information content (AvgIpc) is 3.83. The van der Waals surface area contributed by atoms with E-state index in [4.69, 9.17) is 20.1 Å². The summed E-state index contributed by atoms with van der Waals surface area (Å²) in [6.45, 7) is 0.417. The Balaban J connectivity index is 0.880. The molecule has 0 bridgehead atoms. The van der Waals surface area contributed by atoms with E-state index in [1.807, 2.05) is 36.4 Å². The molecule has 69 heavy (non-hydrogen) atoms. The van der Waals surface area contributed by atoms with Crippen molar-refractivity contribution in [3.63, 3.8) is 0 Å². The third-order valence-electron chi connectivity index (χ3n) is 13.1. The summed E-state index contributed by atoms with van der Waals surface area (Å²) in [5.41, 5.74) is 22.7. The first-order valence-corrected chi connectivity index (χ1v) is 23.4. The molecule has 0 saturated carbocycles. The third-order valence-corrected chi connectivity index (χ3v) is 13.1. The average molecular weight is 884 g/mol. The Labute approximate surface area is 401 Å². The first kappa shape index (κ1) is 41.3. The van der Waals surface area contributed by atoms with Crippen LogP contribution in [0.15, 0.2) is 263 Å². The lowest BCUT2D eigenvalue weighted by molar-refractivity contribution is 0.673. The summed E-state index contributed by atoms with van der Waals surface area (Å²) in [5.74, 6) is 0.978. The molecule has 0 unspecified atom stereocenters. The van der Waals surface area contributed by atoms with Crippen LogP contribution in [0.5, 0.6) is 0 Å². The zero-order chi connectivity index (χ0) is 46.1. The molecule has 0 aliphatic rings. The van der Waals surface area contributed by atoms with Crippen LogP contribution in [0.3, 0.4) is 0 Å². The van der Waals surface area contributed by atoms with Crippen LogP contribution in [0, 0.1) is 0 Å². The second kappa shape index (κ2) is 17.9. The van der Waals surface area contributed by atoms with Gasteiger partial charge in [-0.2, -0.15) is 0 Å². The molecular formula is C65H45N3O. The second-order valence-electron chi connectivity index (χ2n) is 17.5. The molecule has 4 nitrogen and oxygen atoms in total. The lowest BCUT2D eigenvalue weighted by atomic mass is 9.92. The monoisotopic (exact) mass is 883 g/mol. The smallest absolute Gasteiger partial charge is 0.157 e. The summed E-state index contributed by atoms with van der Waals surface area (Å²) < 4.78 is 6.73. The number of benzene rings is 11. The van der Waals surface area contributed by atoms with Gasteiger partial charge in [-0.3, -0.25) is 4.99 Å². The molecule has 2 N–H and O–H groups in total. The fraction of sp³-hybridized carbons (Fsp3) is 0.0154. The Bertz CT molecular complexity index is 3940. The van der Waals surface area contributed by atoms with Gasteiger partial charge in [0, 0.05) is 27.3 Å². The molecule has 12 rings (SSSR count). The normalized spacial score (nSPS) is 12.1. The van der Waals surface area contributed by atoms with E-state index in [0.29, 0.717) is 18.2 Å². The summed E-state index contributed by atoms with van der Waals surface area (Å²) in [6, 6.07) is 87.2. The molecule has 0 amide bonds. The van der Waals surface area contributed by atoms with E-state index in [1.165, 1.54) is 16.2 Å². The Morgan fingerprint density at radius 1 is 0.362 bits per heavy atom. The maximum absolute atomic E-state index is 6.85. The first-order chi connectivity index (χ1) is 34.1. The van der Waals surface area contributed by atoms with E-state index in [2.05, 4.69) is 212 Å². The summed E-state index contributed by atoms with van der Waals surface area (Å²) >= 11 is 0. The summed E-state index contributed by atoms with van der Waals surface area (Å²) in [6.07, 6.45) is 0. The van der Waals surface area contributed by atoms with Crippen LogP contribution in [0.2, 0.25) is 0 Å². The van der Waals surface area contributed by atoms with Crippen molar-refractivity contribution in [3.05, 3.63) is 265 Å². The van der Waals surface area contributed by atoms with Gasteiger partial charge in [0.05, 0.1) is 6.54 Å². The van der Waals surface area contributed by atoms with Crippen molar-refractivity contribution in [1.29, 1.82) is 0 Å². The number of furan rings is 1. The van der Waals surface area contributed by atoms with Gasteiger partial charge < -0.3 is 10.2 Å². The molecule has 0 radical (unpaired) electrons. The molecule has 1 aromatic heterocycles. The van der Waals surface area contributed by atoms with Gasteiger partial charge in [0.25, 0.3) is 0 Å². The Morgan fingerprint density at radius 2 is 0.826 bits per heavy atom. The number of hydrogen-bond acceptors (Lipinski definition) is 2. The molecule has 0 fully saturated rings. The predicted octanol–water partition coefficient (Wildman–Crippen LogP) is 16.6. The Kier molecular flexibility index (Phi) is 10.7. The predicted molar refractivity (Wildman–Crippen MR) is 290 cm³/mol. The van der Waals surface area contributed by atoms with E-state index >= 15 is 0 Å². The van der Waals surface area contributed by atoms with Crippen molar-refractivity contribution >= 4 is 55.2 Å². The van der Waals surface area contributed by atoms with E-state index < -0.39 is 0 Å². The van der Waals surface area contributed by atoms with Crippen molar-refractivity contribution in [2.45, 2.75) is 6.54 Å². The molecule has 0 atom stereocenters. The van der Waals surface area contributed by atoms with E-state index in [0.717, 1.165) is 99.6 Å². The number of fused-ring (bicyclic) bond motifs is 8. The molecule has 4 heteroatoms. The Morgan fingerprint density at radius 3 is 1.49 bits per heavy atom. The lowest BCUT2D eigenvalue weighted by Crippen LogP contribution is -2.16. The third kappa shape index (κ3) is 8.04. The van der Waals surface area contributed by atoms with Crippen LogP contribution in [0.4, 0.5) is 0 Å². The highest BCUT2D eigenvalue weighted by Crippen LogP contribution is 2.44. The SMILES string of the molecule is NC(=NC(=NCc1cccc(-c2cccc(-c3cccc(-c4cccc5oc6c7ccccc7c7ccccc7c6c45)c3)c2)c1)c1cccc(-c2ccccc2)c1)c1cccc(-c2ccccc2)c1. The topological polar surface area (TPSA) is 63.9 Å². The van der Waals surface area contributed by atoms with Gasteiger partial charge in [-0.05, 0) is 114 Å². The quantitative estimate of drug-likeness (QED) is 0.0892. The zero-order valence-electron chi connectivity index (χ0n) is 37.8. The van der Waals surface area contributed by atoms with Gasteiger partial charge in [0.15, 0.2) is 5.84 Å². The number of nitrogens with two attached hydrogens (primary N) is 1. The first-order valence-electron chi connectivity index (χ1n) is 23.4. The minimum absolute atomic E-state index is 0.406. The van der Waals surface area contributed by atoms with E-state index in [1.54, 1.807) is 0 Å². The number of hydrogen-bond donors (Lipinski definition) is 1. The van der Waals surface area contributed by atoms with Crippen molar-refractivity contribution in [2.24, 2.45) is 15.7 Å². The molecule has 0 saturated heterocycles. The standard InChI is InChI=1S/C65H45N3O/c66-64(53-29-14-23-47(40-53)44-18-3-1-4-19-44)68-65(54-30-15-24-48(41-54)45-20-5-2-6-21-45)67-42-43-17-11-22-46(37-43)49-25-12-26-50(38-49)51-27-13-28-52(39-51)55-35-16-36-60-61(55)62-58-33-9-7-31-56(58)57-32-8-10-34-59(57)63(62)69-60/h1-41H,42H2,(H2,66,67,68). The zero-order valence-corrected chi connectivity index (χ0v) is 37.8. The highest BCUT2D eigenvalue weighted by atomic mass is 16.3. The van der Waals surface area contributed by atoms with Crippen LogP contribution in [-0.2, 0) is 6.54 Å². The van der Waals surface area contributed by atoms with Crippen molar-refractivity contribution in [1.82, 2.24) is 0 Å². The summed E-state index contributed by atoms with van der Waals surface area (Å²) in [7, 11) is 0. The maximum Gasteiger partial charge on any atom is 0.157 e. The maximum atomic E-state index is 6.85. The molecule has 0 spiro atoms. The van der Waals surface area contributed by atoms with Gasteiger partial charge in [-0.1, -0.05) is 212 Å². The van der Waals surface area contributed by atoms with Crippen molar-refractivity contribution < 1.29 is 4.42 Å². The van der Waals surface area contributed by atoms with Crippen LogP contribution in [0.25, 0.3) is 99.1 Å². The van der Waals surface area contributed by atoms with E-state index in [-0.39, 0.29) is 0 Å². The highest BCUT2D eigenvalue weighted by Gasteiger charge is 2.19. The number of aliphatic imine (C=N–C) groups is 2. The van der Waals surface area contributed by atoms with Crippen LogP contribution < -0.4 is 5.73 Å². The molecule has 1 heterocycles. The van der Waals surface area contributed by atoms with Gasteiger partial charge in [0.2, 0.25) is 0 Å².